The number of likely N-dealkylation sites (N-methyl/N-ethyl adjacent to an activating group) is 1. The zero-order valence-electron chi connectivity index (χ0n) is 15.3. The monoisotopic (exact) mass is 384 g/mol. The average Bonchev–Trinajstić information content (AvgIpc) is 3.05. The van der Waals surface area contributed by atoms with E-state index in [1.807, 2.05) is 31.3 Å². The van der Waals surface area contributed by atoms with E-state index >= 15 is 0 Å². The Bertz CT molecular complexity index is 953. The second kappa shape index (κ2) is 8.05. The van der Waals surface area contributed by atoms with E-state index in [-0.39, 0.29) is 18.4 Å². The molecule has 7 nitrogen and oxygen atoms in total. The molecule has 3 aromatic rings. The molecule has 0 atom stereocenters. The van der Waals surface area contributed by atoms with Crippen molar-refractivity contribution in [1.82, 2.24) is 4.98 Å². The molecular weight excluding hydrogens is 364 g/mol. The minimum Gasteiger partial charge on any atom is -0.495 e. The lowest BCUT2D eigenvalue weighted by Gasteiger charge is -2.17. The number of rotatable bonds is 6. The number of nitrogens with one attached hydrogen (secondary N) is 2. The number of thiazole rings is 1. The first-order valence-electron chi connectivity index (χ1n) is 8.28. The first kappa shape index (κ1) is 18.7. The van der Waals surface area contributed by atoms with Crippen molar-refractivity contribution in [2.24, 2.45) is 0 Å². The number of ether oxygens (including phenoxy) is 1. The van der Waals surface area contributed by atoms with Gasteiger partial charge in [-0.2, -0.15) is 0 Å². The number of aromatic nitrogens is 1. The van der Waals surface area contributed by atoms with Crippen LogP contribution >= 0.6 is 11.3 Å². The number of amides is 2. The molecule has 0 radical (unpaired) electrons. The van der Waals surface area contributed by atoms with Crippen LogP contribution in [-0.4, -0.2) is 37.5 Å². The molecule has 0 aliphatic heterocycles. The summed E-state index contributed by atoms with van der Waals surface area (Å²) >= 11 is 1.53. The highest BCUT2D eigenvalue weighted by Crippen LogP contribution is 2.29. The molecule has 140 valence electrons. The molecule has 8 heteroatoms. The molecule has 0 unspecified atom stereocenters. The van der Waals surface area contributed by atoms with Crippen LogP contribution in [0, 0.1) is 0 Å². The van der Waals surface area contributed by atoms with Gasteiger partial charge in [-0.1, -0.05) is 23.5 Å². The van der Waals surface area contributed by atoms with E-state index < -0.39 is 0 Å². The highest BCUT2D eigenvalue weighted by atomic mass is 32.1. The molecule has 0 aliphatic rings. The fourth-order valence-electron chi connectivity index (χ4n) is 2.58. The second-order valence-electron chi connectivity index (χ2n) is 5.96. The standard InChI is InChI=1S/C19H20N4O3S/c1-12(24)20-13-8-9-16(26-3)15(10-13)21-18(25)11-23(2)19-22-14-6-4-5-7-17(14)27-19/h4-10H,11H2,1-3H3,(H,20,24)(H,21,25). The SMILES string of the molecule is COc1ccc(NC(C)=O)cc1NC(=O)CN(C)c1nc2ccccc2s1. The van der Waals surface area contributed by atoms with Crippen LogP contribution in [0.5, 0.6) is 5.75 Å². The van der Waals surface area contributed by atoms with Gasteiger partial charge in [-0.3, -0.25) is 9.59 Å². The van der Waals surface area contributed by atoms with Gasteiger partial charge in [-0.25, -0.2) is 4.98 Å². The average molecular weight is 384 g/mol. The minimum absolute atomic E-state index is 0.132. The summed E-state index contributed by atoms with van der Waals surface area (Å²) < 4.78 is 6.36. The van der Waals surface area contributed by atoms with E-state index in [0.717, 1.165) is 15.3 Å². The minimum atomic E-state index is -0.213. The Morgan fingerprint density at radius 2 is 1.96 bits per heavy atom. The summed E-state index contributed by atoms with van der Waals surface area (Å²) in [6.45, 7) is 1.56. The molecular formula is C19H20N4O3S. The van der Waals surface area contributed by atoms with E-state index in [9.17, 15) is 9.59 Å². The first-order chi connectivity index (χ1) is 13.0. The largest absolute Gasteiger partial charge is 0.495 e. The maximum Gasteiger partial charge on any atom is 0.244 e. The smallest absolute Gasteiger partial charge is 0.244 e. The molecule has 0 saturated carbocycles. The summed E-state index contributed by atoms with van der Waals surface area (Å²) in [4.78, 5) is 30.1. The van der Waals surface area contributed by atoms with Crippen LogP contribution < -0.4 is 20.3 Å². The number of methoxy groups -OCH3 is 1. The third-order valence-electron chi connectivity index (χ3n) is 3.78. The van der Waals surface area contributed by atoms with E-state index in [1.165, 1.54) is 25.4 Å². The summed E-state index contributed by atoms with van der Waals surface area (Å²) in [5.74, 6) is 0.114. The molecule has 2 N–H and O–H groups in total. The zero-order valence-corrected chi connectivity index (χ0v) is 16.1. The van der Waals surface area contributed by atoms with Gasteiger partial charge in [0.2, 0.25) is 11.8 Å². The molecule has 0 bridgehead atoms. The molecule has 2 aromatic carbocycles. The lowest BCUT2D eigenvalue weighted by molar-refractivity contribution is -0.115. The van der Waals surface area contributed by atoms with Gasteiger partial charge < -0.3 is 20.3 Å². The molecule has 3 rings (SSSR count). The van der Waals surface area contributed by atoms with Gasteiger partial charge in [0, 0.05) is 19.7 Å². The molecule has 2 amide bonds. The molecule has 0 fully saturated rings. The Balaban J connectivity index is 1.71. The van der Waals surface area contributed by atoms with Gasteiger partial charge in [0.05, 0.1) is 29.6 Å². The number of fused-ring (bicyclic) bond motifs is 1. The van der Waals surface area contributed by atoms with Crippen molar-refractivity contribution in [2.45, 2.75) is 6.92 Å². The highest BCUT2D eigenvalue weighted by Gasteiger charge is 2.14. The van der Waals surface area contributed by atoms with Crippen LogP contribution in [0.25, 0.3) is 10.2 Å². The van der Waals surface area contributed by atoms with E-state index in [0.29, 0.717) is 17.1 Å². The van der Waals surface area contributed by atoms with Gasteiger partial charge in [0.1, 0.15) is 5.75 Å². The van der Waals surface area contributed by atoms with Crippen LogP contribution in [0.1, 0.15) is 6.92 Å². The first-order valence-corrected chi connectivity index (χ1v) is 9.10. The predicted molar refractivity (Wildman–Crippen MR) is 109 cm³/mol. The summed E-state index contributed by atoms with van der Waals surface area (Å²) in [5, 5.41) is 6.29. The zero-order chi connectivity index (χ0) is 19.4. The molecule has 0 spiro atoms. The van der Waals surface area contributed by atoms with Gasteiger partial charge >= 0.3 is 0 Å². The number of hydrogen-bond acceptors (Lipinski definition) is 6. The lowest BCUT2D eigenvalue weighted by atomic mass is 10.2. The number of hydrogen-bond donors (Lipinski definition) is 2. The Morgan fingerprint density at radius 1 is 1.19 bits per heavy atom. The fourth-order valence-corrected chi connectivity index (χ4v) is 3.51. The number of anilines is 3. The van der Waals surface area contributed by atoms with Crippen molar-refractivity contribution in [3.8, 4) is 5.75 Å². The number of para-hydroxylation sites is 1. The van der Waals surface area contributed by atoms with Crippen LogP contribution in [0.3, 0.4) is 0 Å². The van der Waals surface area contributed by atoms with Gasteiger partial charge in [-0.15, -0.1) is 0 Å². The summed E-state index contributed by atoms with van der Waals surface area (Å²) in [5.41, 5.74) is 1.99. The molecule has 1 heterocycles. The van der Waals surface area contributed by atoms with Crippen LogP contribution in [-0.2, 0) is 9.59 Å². The summed E-state index contributed by atoms with van der Waals surface area (Å²) in [7, 11) is 3.35. The quantitative estimate of drug-likeness (QED) is 0.681. The van der Waals surface area contributed by atoms with Crippen LogP contribution in [0.15, 0.2) is 42.5 Å². The van der Waals surface area contributed by atoms with E-state index in [1.54, 1.807) is 23.1 Å². The number of carbonyl (C=O) groups is 2. The van der Waals surface area contributed by atoms with E-state index in [2.05, 4.69) is 15.6 Å². The summed E-state index contributed by atoms with van der Waals surface area (Å²) in [6.07, 6.45) is 0. The maximum atomic E-state index is 12.5. The maximum absolute atomic E-state index is 12.5. The van der Waals surface area contributed by atoms with Crippen LogP contribution in [0.2, 0.25) is 0 Å². The van der Waals surface area contributed by atoms with Crippen molar-refractivity contribution in [3.63, 3.8) is 0 Å². The van der Waals surface area contributed by atoms with Gasteiger partial charge in [0.25, 0.3) is 0 Å². The normalized spacial score (nSPS) is 10.5. The number of nitrogens with zero attached hydrogens (tertiary/aromatic N) is 2. The van der Waals surface area contributed by atoms with Gasteiger partial charge in [0.15, 0.2) is 5.13 Å². The molecule has 0 aliphatic carbocycles. The van der Waals surface area contributed by atoms with Crippen molar-refractivity contribution in [3.05, 3.63) is 42.5 Å². The Labute approximate surface area is 161 Å². The van der Waals surface area contributed by atoms with E-state index in [4.69, 9.17) is 4.74 Å². The Morgan fingerprint density at radius 3 is 2.67 bits per heavy atom. The van der Waals surface area contributed by atoms with Crippen molar-refractivity contribution in [1.29, 1.82) is 0 Å². The van der Waals surface area contributed by atoms with Crippen LogP contribution in [0.4, 0.5) is 16.5 Å². The van der Waals surface area contributed by atoms with Gasteiger partial charge in [-0.05, 0) is 30.3 Å². The molecule has 1 aromatic heterocycles. The third-order valence-corrected chi connectivity index (χ3v) is 4.93. The Hall–Kier alpha value is -3.13. The fraction of sp³-hybridized carbons (Fsp3) is 0.211. The Kier molecular flexibility index (Phi) is 5.56. The highest BCUT2D eigenvalue weighted by molar-refractivity contribution is 7.22. The van der Waals surface area contributed by atoms with Crippen molar-refractivity contribution < 1.29 is 14.3 Å². The third kappa shape index (κ3) is 4.53. The predicted octanol–water partition coefficient (Wildman–Crippen LogP) is 3.34. The second-order valence-corrected chi connectivity index (χ2v) is 6.97. The van der Waals surface area contributed by atoms with Crippen molar-refractivity contribution in [2.75, 3.05) is 36.2 Å². The molecule has 0 saturated heterocycles. The summed E-state index contributed by atoms with van der Waals surface area (Å²) in [6, 6.07) is 12.9. The molecule has 27 heavy (non-hydrogen) atoms. The lowest BCUT2D eigenvalue weighted by Crippen LogP contribution is -2.30. The topological polar surface area (TPSA) is 83.6 Å². The number of carbonyl (C=O) groups excluding carboxylic acids is 2. The van der Waals surface area contributed by atoms with Crippen molar-refractivity contribution >= 4 is 49.9 Å². The number of benzene rings is 2.